The molecule has 1 N–H and O–H groups in total. The Labute approximate surface area is 191 Å². The molecule has 9 heteroatoms. The van der Waals surface area contributed by atoms with Crippen molar-refractivity contribution in [2.45, 2.75) is 41.2 Å². The molecule has 3 aromatic rings. The summed E-state index contributed by atoms with van der Waals surface area (Å²) in [6.45, 7) is 8.64. The van der Waals surface area contributed by atoms with E-state index in [1.165, 1.54) is 6.07 Å². The molecule has 2 aromatic heterocycles. The van der Waals surface area contributed by atoms with E-state index in [1.807, 2.05) is 6.92 Å². The van der Waals surface area contributed by atoms with E-state index in [-0.39, 0.29) is 24.5 Å². The van der Waals surface area contributed by atoms with E-state index in [2.05, 4.69) is 10.1 Å². The quantitative estimate of drug-likeness (QED) is 0.380. The van der Waals surface area contributed by atoms with Crippen LogP contribution in [0, 0.1) is 27.7 Å². The molecule has 2 heterocycles. The van der Waals surface area contributed by atoms with Crippen molar-refractivity contribution in [1.29, 1.82) is 0 Å². The number of nitrogens with zero attached hydrogens (tertiary/aromatic N) is 1. The van der Waals surface area contributed by atoms with Crippen molar-refractivity contribution in [3.63, 3.8) is 0 Å². The van der Waals surface area contributed by atoms with E-state index < -0.39 is 24.3 Å². The zero-order valence-electron chi connectivity index (χ0n) is 19.2. The molecule has 0 aliphatic rings. The van der Waals surface area contributed by atoms with E-state index >= 15 is 0 Å². The van der Waals surface area contributed by atoms with Gasteiger partial charge in [0.2, 0.25) is 5.78 Å². The van der Waals surface area contributed by atoms with Gasteiger partial charge >= 0.3 is 11.9 Å². The number of carbonyl (C=O) groups excluding carboxylic acids is 3. The highest BCUT2D eigenvalue weighted by atomic mass is 16.5. The second kappa shape index (κ2) is 10.2. The average Bonchev–Trinajstić information content (AvgIpc) is 3.27. The normalized spacial score (nSPS) is 10.7. The molecule has 174 valence electrons. The summed E-state index contributed by atoms with van der Waals surface area (Å²) >= 11 is 0. The summed E-state index contributed by atoms with van der Waals surface area (Å²) in [5.74, 6) is -0.496. The number of rotatable bonds is 9. The Bertz CT molecular complexity index is 1170. The first-order chi connectivity index (χ1) is 15.7. The van der Waals surface area contributed by atoms with Crippen LogP contribution in [0.1, 0.15) is 66.4 Å². The number of ether oxygens (including phenoxy) is 3. The topological polar surface area (TPSA) is 121 Å². The zero-order chi connectivity index (χ0) is 24.1. The number of nitrogens with one attached hydrogen (secondary N) is 1. The maximum atomic E-state index is 12.6. The molecule has 1 aromatic carbocycles. The van der Waals surface area contributed by atoms with Crippen LogP contribution < -0.4 is 4.74 Å². The first-order valence-electron chi connectivity index (χ1n) is 10.4. The maximum absolute atomic E-state index is 12.6. The van der Waals surface area contributed by atoms with Crippen LogP contribution in [0.15, 0.2) is 28.8 Å². The molecule has 9 nitrogen and oxygen atoms in total. The van der Waals surface area contributed by atoms with E-state index in [0.29, 0.717) is 28.3 Å². The van der Waals surface area contributed by atoms with Gasteiger partial charge in [-0.25, -0.2) is 9.59 Å². The van der Waals surface area contributed by atoms with Gasteiger partial charge in [0.25, 0.3) is 0 Å². The van der Waals surface area contributed by atoms with Crippen molar-refractivity contribution in [1.82, 2.24) is 10.1 Å². The van der Waals surface area contributed by atoms with Gasteiger partial charge in [-0.3, -0.25) is 4.79 Å². The highest BCUT2D eigenvalue weighted by Crippen LogP contribution is 2.21. The minimum atomic E-state index is -0.669. The molecular weight excluding hydrogens is 428 g/mol. The fourth-order valence-corrected chi connectivity index (χ4v) is 3.40. The van der Waals surface area contributed by atoms with Crippen LogP contribution in [-0.4, -0.2) is 41.1 Å². The molecule has 0 amide bonds. The number of Topliss-reactive ketones (excluding diaryl/α,β-unsaturated/α-hetero) is 1. The molecular formula is C24H26N2O7. The average molecular weight is 454 g/mol. The minimum absolute atomic E-state index is 0.208. The Morgan fingerprint density at radius 2 is 1.82 bits per heavy atom. The third-order valence-electron chi connectivity index (χ3n) is 5.16. The Kier molecular flexibility index (Phi) is 7.32. The van der Waals surface area contributed by atoms with Gasteiger partial charge in [-0.2, -0.15) is 0 Å². The molecule has 0 fully saturated rings. The van der Waals surface area contributed by atoms with Crippen molar-refractivity contribution in [3.05, 3.63) is 69.4 Å². The Morgan fingerprint density at radius 1 is 1.06 bits per heavy atom. The number of aromatic amines is 1. The van der Waals surface area contributed by atoms with Gasteiger partial charge in [0, 0.05) is 5.69 Å². The summed E-state index contributed by atoms with van der Waals surface area (Å²) < 4.78 is 21.1. The molecule has 0 unspecified atom stereocenters. The van der Waals surface area contributed by atoms with Gasteiger partial charge in [-0.1, -0.05) is 11.2 Å². The summed E-state index contributed by atoms with van der Waals surface area (Å²) in [5, 5.41) is 3.88. The number of ketones is 1. The molecule has 0 aliphatic heterocycles. The third-order valence-corrected chi connectivity index (χ3v) is 5.16. The summed E-state index contributed by atoms with van der Waals surface area (Å²) in [5.41, 5.74) is 3.32. The van der Waals surface area contributed by atoms with E-state index in [4.69, 9.17) is 18.7 Å². The van der Waals surface area contributed by atoms with Crippen molar-refractivity contribution in [3.8, 4) is 5.75 Å². The Morgan fingerprint density at radius 3 is 2.48 bits per heavy atom. The summed E-state index contributed by atoms with van der Waals surface area (Å²) in [7, 11) is 0. The molecule has 0 saturated carbocycles. The first-order valence-corrected chi connectivity index (χ1v) is 10.4. The standard InChI is InChI=1S/C24H26N2O7/c1-6-30-24(29)21-13(2)22(25-15(21)4)20(27)12-32-23(28)17-8-7-9-18(10-17)31-11-19-14(3)26-33-16(19)5/h7-10,25H,6,11-12H2,1-5H3. The van der Waals surface area contributed by atoms with Crippen molar-refractivity contribution < 1.29 is 33.1 Å². The van der Waals surface area contributed by atoms with Gasteiger partial charge in [-0.15, -0.1) is 0 Å². The number of aryl methyl sites for hydroxylation is 3. The summed E-state index contributed by atoms with van der Waals surface area (Å²) in [4.78, 5) is 40.1. The van der Waals surface area contributed by atoms with E-state index in [1.54, 1.807) is 45.9 Å². The number of H-pyrrole nitrogens is 1. The van der Waals surface area contributed by atoms with Crippen LogP contribution >= 0.6 is 0 Å². The Balaban J connectivity index is 1.63. The highest BCUT2D eigenvalue weighted by molar-refractivity contribution is 6.03. The van der Waals surface area contributed by atoms with E-state index in [9.17, 15) is 14.4 Å². The van der Waals surface area contributed by atoms with Crippen molar-refractivity contribution in [2.75, 3.05) is 13.2 Å². The van der Waals surface area contributed by atoms with Gasteiger partial charge in [0.1, 0.15) is 18.1 Å². The first kappa shape index (κ1) is 23.8. The second-order valence-electron chi connectivity index (χ2n) is 7.46. The molecule has 0 spiro atoms. The van der Waals surface area contributed by atoms with Crippen molar-refractivity contribution >= 4 is 17.7 Å². The van der Waals surface area contributed by atoms with Crippen LogP contribution in [0.5, 0.6) is 5.75 Å². The number of esters is 2. The second-order valence-corrected chi connectivity index (χ2v) is 7.46. The molecule has 0 radical (unpaired) electrons. The molecule has 0 aliphatic carbocycles. The number of hydrogen-bond acceptors (Lipinski definition) is 8. The molecule has 33 heavy (non-hydrogen) atoms. The molecule has 0 bridgehead atoms. The van der Waals surface area contributed by atoms with Gasteiger partial charge < -0.3 is 23.7 Å². The van der Waals surface area contributed by atoms with E-state index in [0.717, 1.165) is 11.3 Å². The maximum Gasteiger partial charge on any atom is 0.340 e. The van der Waals surface area contributed by atoms with Gasteiger partial charge in [0.05, 0.1) is 34.7 Å². The lowest BCUT2D eigenvalue weighted by Gasteiger charge is -2.08. The zero-order valence-corrected chi connectivity index (χ0v) is 19.2. The predicted octanol–water partition coefficient (Wildman–Crippen LogP) is 4.03. The monoisotopic (exact) mass is 454 g/mol. The van der Waals surface area contributed by atoms with Crippen LogP contribution in [0.25, 0.3) is 0 Å². The number of benzene rings is 1. The molecule has 0 atom stereocenters. The predicted molar refractivity (Wildman–Crippen MR) is 118 cm³/mol. The highest BCUT2D eigenvalue weighted by Gasteiger charge is 2.23. The lowest BCUT2D eigenvalue weighted by molar-refractivity contribution is 0.0472. The van der Waals surface area contributed by atoms with Crippen LogP contribution in [0.2, 0.25) is 0 Å². The number of carbonyl (C=O) groups is 3. The van der Waals surface area contributed by atoms with Crippen molar-refractivity contribution in [2.24, 2.45) is 0 Å². The van der Waals surface area contributed by atoms with Crippen LogP contribution in [0.3, 0.4) is 0 Å². The van der Waals surface area contributed by atoms with Gasteiger partial charge in [0.15, 0.2) is 6.61 Å². The fourth-order valence-electron chi connectivity index (χ4n) is 3.40. The smallest absolute Gasteiger partial charge is 0.340 e. The lowest BCUT2D eigenvalue weighted by Crippen LogP contribution is -2.16. The SMILES string of the molecule is CCOC(=O)c1c(C)[nH]c(C(=O)COC(=O)c2cccc(OCc3c(C)noc3C)c2)c1C. The van der Waals surface area contributed by atoms with Crippen LogP contribution in [0.4, 0.5) is 0 Å². The third kappa shape index (κ3) is 5.31. The lowest BCUT2D eigenvalue weighted by atomic mass is 10.1. The molecule has 0 saturated heterocycles. The van der Waals surface area contributed by atoms with Crippen LogP contribution in [-0.2, 0) is 16.1 Å². The largest absolute Gasteiger partial charge is 0.489 e. The number of hydrogen-bond donors (Lipinski definition) is 1. The van der Waals surface area contributed by atoms with Gasteiger partial charge in [-0.05, 0) is 58.4 Å². The minimum Gasteiger partial charge on any atom is -0.489 e. The Hall–Kier alpha value is -3.88. The number of aromatic nitrogens is 2. The fraction of sp³-hybridized carbons (Fsp3) is 0.333. The molecule has 3 rings (SSSR count). The summed E-state index contributed by atoms with van der Waals surface area (Å²) in [6.07, 6.45) is 0. The summed E-state index contributed by atoms with van der Waals surface area (Å²) in [6, 6.07) is 6.47.